The van der Waals surface area contributed by atoms with E-state index in [0.29, 0.717) is 25.7 Å². The van der Waals surface area contributed by atoms with Crippen molar-refractivity contribution in [1.29, 1.82) is 0 Å². The Morgan fingerprint density at radius 1 is 0.323 bits per heavy atom. The van der Waals surface area contributed by atoms with Crippen LogP contribution in [-0.2, 0) is 28.6 Å². The highest BCUT2D eigenvalue weighted by atomic mass is 16.6. The number of carbonyl (C=O) groups excluding carboxylic acids is 3. The highest BCUT2D eigenvalue weighted by Gasteiger charge is 2.19. The number of ether oxygens (including phenoxy) is 3. The Balaban J connectivity index is 4.30. The molecular weight excluding hydrogens is 805 g/mol. The van der Waals surface area contributed by atoms with E-state index in [-0.39, 0.29) is 31.1 Å². The van der Waals surface area contributed by atoms with E-state index in [9.17, 15) is 14.4 Å². The molecule has 0 rings (SSSR count). The molecular formula is C59H108O6. The SMILES string of the molecule is CC/C=C\C/C=C\C/C=C\CCCC(=O)OCC(COC(=O)CCCCCCCCCCCCCCCCCCCC)OC(=O)CCCCCCCCCCCCCCCCCCCC. The van der Waals surface area contributed by atoms with E-state index < -0.39 is 6.10 Å². The number of unbranched alkanes of at least 4 members (excludes halogenated alkanes) is 35. The second kappa shape index (κ2) is 54.2. The van der Waals surface area contributed by atoms with E-state index in [4.69, 9.17) is 14.2 Å². The van der Waals surface area contributed by atoms with Crippen molar-refractivity contribution in [3.63, 3.8) is 0 Å². The lowest BCUT2D eigenvalue weighted by Gasteiger charge is -2.18. The van der Waals surface area contributed by atoms with Gasteiger partial charge in [0.05, 0.1) is 0 Å². The third-order valence-corrected chi connectivity index (χ3v) is 12.7. The van der Waals surface area contributed by atoms with Gasteiger partial charge in [-0.3, -0.25) is 14.4 Å². The van der Waals surface area contributed by atoms with Crippen LogP contribution in [-0.4, -0.2) is 37.2 Å². The molecule has 6 heteroatoms. The molecule has 0 aliphatic rings. The molecule has 0 heterocycles. The maximum Gasteiger partial charge on any atom is 0.306 e. The van der Waals surface area contributed by atoms with Crippen LogP contribution in [0.4, 0.5) is 0 Å². The highest BCUT2D eigenvalue weighted by molar-refractivity contribution is 5.71. The molecule has 0 saturated carbocycles. The van der Waals surface area contributed by atoms with E-state index in [0.717, 1.165) is 64.2 Å². The first-order valence-corrected chi connectivity index (χ1v) is 28.5. The Labute approximate surface area is 404 Å². The highest BCUT2D eigenvalue weighted by Crippen LogP contribution is 2.17. The quantitative estimate of drug-likeness (QED) is 0.0262. The zero-order chi connectivity index (χ0) is 47.2. The number of allylic oxidation sites excluding steroid dienone is 6. The van der Waals surface area contributed by atoms with E-state index in [1.807, 2.05) is 0 Å². The van der Waals surface area contributed by atoms with Crippen LogP contribution in [0.5, 0.6) is 0 Å². The fourth-order valence-electron chi connectivity index (χ4n) is 8.41. The molecule has 1 unspecified atom stereocenters. The molecule has 0 saturated heterocycles. The summed E-state index contributed by atoms with van der Waals surface area (Å²) in [5.41, 5.74) is 0. The molecule has 0 spiro atoms. The molecule has 380 valence electrons. The maximum atomic E-state index is 12.8. The summed E-state index contributed by atoms with van der Waals surface area (Å²) in [6, 6.07) is 0. The normalized spacial score (nSPS) is 12.2. The molecule has 1 atom stereocenters. The fraction of sp³-hybridized carbons (Fsp3) is 0.847. The van der Waals surface area contributed by atoms with Crippen LogP contribution in [0.1, 0.15) is 303 Å². The molecule has 0 aromatic carbocycles. The number of hydrogen-bond donors (Lipinski definition) is 0. The number of esters is 3. The first kappa shape index (κ1) is 62.6. The smallest absolute Gasteiger partial charge is 0.306 e. The lowest BCUT2D eigenvalue weighted by molar-refractivity contribution is -0.167. The van der Waals surface area contributed by atoms with Gasteiger partial charge in [-0.2, -0.15) is 0 Å². The molecule has 0 amide bonds. The van der Waals surface area contributed by atoms with Crippen molar-refractivity contribution in [2.45, 2.75) is 309 Å². The minimum absolute atomic E-state index is 0.0828. The van der Waals surface area contributed by atoms with Crippen molar-refractivity contribution < 1.29 is 28.6 Å². The zero-order valence-corrected chi connectivity index (χ0v) is 43.5. The topological polar surface area (TPSA) is 78.9 Å². The van der Waals surface area contributed by atoms with Gasteiger partial charge in [0.15, 0.2) is 6.10 Å². The molecule has 6 nitrogen and oxygen atoms in total. The van der Waals surface area contributed by atoms with Crippen LogP contribution in [0.2, 0.25) is 0 Å². The third kappa shape index (κ3) is 52.5. The second-order valence-corrected chi connectivity index (χ2v) is 19.2. The summed E-state index contributed by atoms with van der Waals surface area (Å²) in [7, 11) is 0. The predicted octanol–water partition coefficient (Wildman–Crippen LogP) is 18.9. The fourth-order valence-corrected chi connectivity index (χ4v) is 8.41. The maximum absolute atomic E-state index is 12.8. The van der Waals surface area contributed by atoms with Crippen molar-refractivity contribution in [3.8, 4) is 0 Å². The van der Waals surface area contributed by atoms with Gasteiger partial charge in [0.2, 0.25) is 0 Å². The van der Waals surface area contributed by atoms with Crippen molar-refractivity contribution in [1.82, 2.24) is 0 Å². The molecule has 65 heavy (non-hydrogen) atoms. The van der Waals surface area contributed by atoms with E-state index >= 15 is 0 Å². The minimum atomic E-state index is -0.787. The monoisotopic (exact) mass is 913 g/mol. The van der Waals surface area contributed by atoms with Gasteiger partial charge in [-0.1, -0.05) is 276 Å². The Bertz CT molecular complexity index is 1090. The van der Waals surface area contributed by atoms with Crippen LogP contribution in [0.25, 0.3) is 0 Å². The molecule has 0 fully saturated rings. The Morgan fingerprint density at radius 3 is 0.938 bits per heavy atom. The van der Waals surface area contributed by atoms with Crippen LogP contribution >= 0.6 is 0 Å². The van der Waals surface area contributed by atoms with Crippen molar-refractivity contribution in [3.05, 3.63) is 36.5 Å². The van der Waals surface area contributed by atoms with E-state index in [2.05, 4.69) is 57.2 Å². The number of hydrogen-bond acceptors (Lipinski definition) is 6. The van der Waals surface area contributed by atoms with Gasteiger partial charge in [-0.15, -0.1) is 0 Å². The Morgan fingerprint density at radius 2 is 0.600 bits per heavy atom. The van der Waals surface area contributed by atoms with Gasteiger partial charge >= 0.3 is 17.9 Å². The van der Waals surface area contributed by atoms with E-state index in [1.54, 1.807) is 0 Å². The minimum Gasteiger partial charge on any atom is -0.462 e. The van der Waals surface area contributed by atoms with Gasteiger partial charge in [0, 0.05) is 19.3 Å². The standard InChI is InChI=1S/C59H108O6/c1-4-7-10-13-16-19-22-24-26-28-30-32-34-37-40-43-46-49-52-58(61)64-55-56(54-63-57(60)51-48-45-42-39-36-21-18-15-12-9-6-3)65-59(62)53-50-47-44-41-38-35-33-31-29-27-25-23-20-17-14-11-8-5-2/h9,12,18,21,39,42,56H,4-8,10-11,13-17,19-20,22-38,40-41,43-55H2,1-3H3/b12-9-,21-18-,42-39-. The first-order chi connectivity index (χ1) is 32.0. The lowest BCUT2D eigenvalue weighted by Crippen LogP contribution is -2.30. The molecule has 0 aliphatic heterocycles. The molecule has 0 aromatic rings. The van der Waals surface area contributed by atoms with E-state index in [1.165, 1.54) is 193 Å². The second-order valence-electron chi connectivity index (χ2n) is 19.2. The molecule has 0 radical (unpaired) electrons. The summed E-state index contributed by atoms with van der Waals surface area (Å²) in [4.78, 5) is 38.0. The van der Waals surface area contributed by atoms with Gasteiger partial charge < -0.3 is 14.2 Å². The van der Waals surface area contributed by atoms with Crippen molar-refractivity contribution in [2.75, 3.05) is 13.2 Å². The number of carbonyl (C=O) groups is 3. The van der Waals surface area contributed by atoms with Crippen LogP contribution in [0.15, 0.2) is 36.5 Å². The Kier molecular flexibility index (Phi) is 52.3. The van der Waals surface area contributed by atoms with Crippen LogP contribution in [0, 0.1) is 0 Å². The molecule has 0 aliphatic carbocycles. The summed E-state index contributed by atoms with van der Waals surface area (Å²) >= 11 is 0. The first-order valence-electron chi connectivity index (χ1n) is 28.5. The van der Waals surface area contributed by atoms with Crippen LogP contribution in [0.3, 0.4) is 0 Å². The van der Waals surface area contributed by atoms with Gasteiger partial charge in [-0.25, -0.2) is 0 Å². The predicted molar refractivity (Wildman–Crippen MR) is 279 cm³/mol. The van der Waals surface area contributed by atoms with Crippen molar-refractivity contribution >= 4 is 17.9 Å². The lowest BCUT2D eigenvalue weighted by atomic mass is 10.0. The summed E-state index contributed by atoms with van der Waals surface area (Å²) in [6.07, 6.45) is 64.4. The van der Waals surface area contributed by atoms with Gasteiger partial charge in [0.25, 0.3) is 0 Å². The van der Waals surface area contributed by atoms with Crippen LogP contribution < -0.4 is 0 Å². The largest absolute Gasteiger partial charge is 0.462 e. The summed E-state index contributed by atoms with van der Waals surface area (Å²) in [5.74, 6) is -0.922. The zero-order valence-electron chi connectivity index (χ0n) is 43.5. The van der Waals surface area contributed by atoms with Crippen molar-refractivity contribution in [2.24, 2.45) is 0 Å². The average Bonchev–Trinajstić information content (AvgIpc) is 3.30. The molecule has 0 bridgehead atoms. The third-order valence-electron chi connectivity index (χ3n) is 12.7. The molecule has 0 N–H and O–H groups in total. The van der Waals surface area contributed by atoms with Gasteiger partial charge in [-0.05, 0) is 44.9 Å². The summed E-state index contributed by atoms with van der Waals surface area (Å²) < 4.78 is 16.8. The number of rotatable bonds is 52. The Hall–Kier alpha value is -2.37. The van der Waals surface area contributed by atoms with Gasteiger partial charge in [0.1, 0.15) is 13.2 Å². The summed E-state index contributed by atoms with van der Waals surface area (Å²) in [5, 5.41) is 0. The average molecular weight is 914 g/mol. The summed E-state index contributed by atoms with van der Waals surface area (Å²) in [6.45, 7) is 6.52. The molecule has 0 aromatic heterocycles.